The van der Waals surface area contributed by atoms with Crippen LogP contribution in [0.5, 0.6) is 0 Å². The number of carbonyl (C=O) groups excluding carboxylic acids is 3. The Morgan fingerprint density at radius 3 is 0.926 bits per heavy atom. The summed E-state index contributed by atoms with van der Waals surface area (Å²) < 4.78 is 16.7. The van der Waals surface area contributed by atoms with Crippen LogP contribution in [-0.4, -0.2) is 37.2 Å². The van der Waals surface area contributed by atoms with Crippen molar-refractivity contribution in [2.75, 3.05) is 13.2 Å². The number of ether oxygens (including phenoxy) is 3. The fourth-order valence-electron chi connectivity index (χ4n) is 7.33. The van der Waals surface area contributed by atoms with E-state index in [1.165, 1.54) is 70.6 Å². The van der Waals surface area contributed by atoms with Gasteiger partial charge in [0.05, 0.1) is 0 Å². The molecule has 0 aromatic heterocycles. The molecule has 0 aromatic carbocycles. The van der Waals surface area contributed by atoms with Gasteiger partial charge >= 0.3 is 17.9 Å². The second-order valence-corrected chi connectivity index (χ2v) is 18.1. The lowest BCUT2D eigenvalue weighted by Crippen LogP contribution is -2.30. The van der Waals surface area contributed by atoms with E-state index in [1.807, 2.05) is 0 Å². The second-order valence-electron chi connectivity index (χ2n) is 18.1. The van der Waals surface area contributed by atoms with Crippen LogP contribution in [0.25, 0.3) is 0 Å². The van der Waals surface area contributed by atoms with Crippen LogP contribution in [0.2, 0.25) is 0 Å². The molecule has 0 amide bonds. The Hall–Kier alpha value is -3.93. The molecular weight excluding hydrogens is 841 g/mol. The van der Waals surface area contributed by atoms with E-state index < -0.39 is 6.10 Å². The van der Waals surface area contributed by atoms with Gasteiger partial charge in [-0.1, -0.05) is 226 Å². The van der Waals surface area contributed by atoms with Crippen LogP contribution in [-0.2, 0) is 28.6 Å². The summed E-state index contributed by atoms with van der Waals surface area (Å²) >= 11 is 0. The zero-order chi connectivity index (χ0) is 49.3. The minimum absolute atomic E-state index is 0.0888. The van der Waals surface area contributed by atoms with Crippen molar-refractivity contribution in [2.45, 2.75) is 252 Å². The highest BCUT2D eigenvalue weighted by Crippen LogP contribution is 2.14. The first-order valence-electron chi connectivity index (χ1n) is 27.9. The van der Waals surface area contributed by atoms with Gasteiger partial charge in [-0.15, -0.1) is 0 Å². The smallest absolute Gasteiger partial charge is 0.306 e. The average molecular weight is 943 g/mol. The van der Waals surface area contributed by atoms with Crippen LogP contribution in [0.4, 0.5) is 0 Å². The number of rotatable bonds is 49. The van der Waals surface area contributed by atoms with Gasteiger partial charge in [0.25, 0.3) is 0 Å². The summed E-state index contributed by atoms with van der Waals surface area (Å²) in [7, 11) is 0. The molecule has 68 heavy (non-hydrogen) atoms. The molecule has 0 heterocycles. The molecule has 0 aliphatic carbocycles. The van der Waals surface area contributed by atoms with Crippen LogP contribution >= 0.6 is 0 Å². The Bertz CT molecular complexity index is 1410. The Kier molecular flexibility index (Phi) is 52.4. The molecule has 0 saturated carbocycles. The molecule has 1 atom stereocenters. The first-order valence-corrected chi connectivity index (χ1v) is 27.9. The van der Waals surface area contributed by atoms with Gasteiger partial charge in [-0.3, -0.25) is 14.4 Å². The van der Waals surface area contributed by atoms with Crippen LogP contribution in [0, 0.1) is 0 Å². The maximum Gasteiger partial charge on any atom is 0.306 e. The first kappa shape index (κ1) is 64.1. The molecule has 0 aliphatic heterocycles. The van der Waals surface area contributed by atoms with Crippen molar-refractivity contribution in [1.29, 1.82) is 0 Å². The van der Waals surface area contributed by atoms with Gasteiger partial charge in [0.1, 0.15) is 13.2 Å². The monoisotopic (exact) mass is 943 g/mol. The molecule has 1 unspecified atom stereocenters. The quantitative estimate of drug-likeness (QED) is 0.0262. The van der Waals surface area contributed by atoms with Crippen molar-refractivity contribution in [1.82, 2.24) is 0 Å². The molecule has 6 heteroatoms. The summed E-state index contributed by atoms with van der Waals surface area (Å²) in [5, 5.41) is 0. The predicted molar refractivity (Wildman–Crippen MR) is 293 cm³/mol. The molecule has 0 radical (unpaired) electrons. The maximum atomic E-state index is 12.8. The van der Waals surface area contributed by atoms with Crippen molar-refractivity contribution < 1.29 is 28.6 Å². The van der Waals surface area contributed by atoms with Crippen LogP contribution in [0.1, 0.15) is 245 Å². The lowest BCUT2D eigenvalue weighted by Gasteiger charge is -2.18. The summed E-state index contributed by atoms with van der Waals surface area (Å²) in [6.45, 7) is 6.41. The number of carbonyl (C=O) groups is 3. The van der Waals surface area contributed by atoms with Crippen molar-refractivity contribution >= 4 is 17.9 Å². The summed E-state index contributed by atoms with van der Waals surface area (Å²) in [4.78, 5) is 37.8. The molecule has 6 nitrogen and oxygen atoms in total. The molecule has 0 saturated heterocycles. The van der Waals surface area contributed by atoms with E-state index in [9.17, 15) is 14.4 Å². The lowest BCUT2D eigenvalue weighted by atomic mass is 10.1. The standard InChI is InChI=1S/C62H102O6/c1-4-7-10-13-16-18-20-22-24-26-27-28-29-30-31-32-33-34-35-37-38-40-42-44-46-49-52-55-61(64)67-58-59(57-66-60(63)54-51-48-15-12-9-6-3)68-62(65)56-53-50-47-45-43-41-39-36-25-23-21-19-17-14-11-8-5-2/h7,10,16-19,22-25,27-28,30-31,33-34,37-38,59H,4-6,8-9,11-15,20-21,26,29,32,35-36,39-58H2,1-3H3/b10-7-,18-16-,19-17-,24-22-,25-23-,28-27-,31-30-,34-33-,38-37-. The van der Waals surface area contributed by atoms with Crippen molar-refractivity contribution in [3.63, 3.8) is 0 Å². The van der Waals surface area contributed by atoms with Crippen LogP contribution in [0.15, 0.2) is 109 Å². The molecule has 0 spiro atoms. The first-order chi connectivity index (χ1) is 33.5. The van der Waals surface area contributed by atoms with E-state index in [1.54, 1.807) is 0 Å². The SMILES string of the molecule is CC/C=C\C/C=C\C/C=C\C/C=C\C/C=C\C/C=C\C/C=C\CCCCCCCC(=O)OCC(COC(=O)CCCCCCCC)OC(=O)CCCCCCCCC/C=C\C/C=C\CCCCC. The summed E-state index contributed by atoms with van der Waals surface area (Å²) in [6.07, 6.45) is 75.3. The molecule has 386 valence electrons. The topological polar surface area (TPSA) is 78.9 Å². The molecular formula is C62H102O6. The molecule has 0 N–H and O–H groups in total. The van der Waals surface area contributed by atoms with Crippen LogP contribution in [0.3, 0.4) is 0 Å². The third-order valence-corrected chi connectivity index (χ3v) is 11.5. The normalized spacial score (nSPS) is 12.9. The van der Waals surface area contributed by atoms with E-state index in [4.69, 9.17) is 14.2 Å². The van der Waals surface area contributed by atoms with E-state index in [-0.39, 0.29) is 31.1 Å². The van der Waals surface area contributed by atoms with Gasteiger partial charge in [0.15, 0.2) is 6.10 Å². The molecule has 0 aliphatic rings. The fraction of sp³-hybridized carbons (Fsp3) is 0.661. The lowest BCUT2D eigenvalue weighted by molar-refractivity contribution is -0.167. The number of hydrogen-bond donors (Lipinski definition) is 0. The van der Waals surface area contributed by atoms with Gasteiger partial charge in [-0.25, -0.2) is 0 Å². The van der Waals surface area contributed by atoms with Crippen molar-refractivity contribution in [3.8, 4) is 0 Å². The number of esters is 3. The minimum atomic E-state index is -0.789. The zero-order valence-corrected chi connectivity index (χ0v) is 44.1. The third-order valence-electron chi connectivity index (χ3n) is 11.5. The maximum absolute atomic E-state index is 12.8. The largest absolute Gasteiger partial charge is 0.462 e. The summed E-state index contributed by atoms with van der Waals surface area (Å²) in [6, 6.07) is 0. The number of unbranched alkanes of at least 4 members (excludes halogenated alkanes) is 20. The van der Waals surface area contributed by atoms with Gasteiger partial charge in [0, 0.05) is 19.3 Å². The predicted octanol–water partition coefficient (Wildman–Crippen LogP) is 18.7. The number of hydrogen-bond acceptors (Lipinski definition) is 6. The van der Waals surface area contributed by atoms with Crippen molar-refractivity contribution in [2.24, 2.45) is 0 Å². The zero-order valence-electron chi connectivity index (χ0n) is 44.1. The Labute approximate surface area is 419 Å². The highest BCUT2D eigenvalue weighted by atomic mass is 16.6. The Morgan fingerprint density at radius 2 is 0.574 bits per heavy atom. The van der Waals surface area contributed by atoms with Crippen molar-refractivity contribution in [3.05, 3.63) is 109 Å². The van der Waals surface area contributed by atoms with E-state index >= 15 is 0 Å². The molecule has 0 aromatic rings. The highest BCUT2D eigenvalue weighted by molar-refractivity contribution is 5.71. The number of allylic oxidation sites excluding steroid dienone is 18. The molecule has 0 rings (SSSR count). The molecule has 0 bridgehead atoms. The Morgan fingerprint density at radius 1 is 0.309 bits per heavy atom. The van der Waals surface area contributed by atoms with Gasteiger partial charge in [-0.2, -0.15) is 0 Å². The summed E-state index contributed by atoms with van der Waals surface area (Å²) in [5.41, 5.74) is 0. The average Bonchev–Trinajstić information content (AvgIpc) is 3.34. The highest BCUT2D eigenvalue weighted by Gasteiger charge is 2.19. The van der Waals surface area contributed by atoms with Gasteiger partial charge in [-0.05, 0) is 109 Å². The van der Waals surface area contributed by atoms with Gasteiger partial charge in [0.2, 0.25) is 0 Å². The van der Waals surface area contributed by atoms with Gasteiger partial charge < -0.3 is 14.2 Å². The van der Waals surface area contributed by atoms with E-state index in [2.05, 4.69) is 130 Å². The van der Waals surface area contributed by atoms with Crippen LogP contribution < -0.4 is 0 Å². The second kappa shape index (κ2) is 55.7. The fourth-order valence-corrected chi connectivity index (χ4v) is 7.33. The van der Waals surface area contributed by atoms with E-state index in [0.29, 0.717) is 19.3 Å². The van der Waals surface area contributed by atoms with E-state index in [0.717, 1.165) is 135 Å². The molecule has 0 fully saturated rings. The third kappa shape index (κ3) is 53.0. The Balaban J connectivity index is 4.23. The summed E-state index contributed by atoms with van der Waals surface area (Å²) in [5.74, 6) is -0.929. The minimum Gasteiger partial charge on any atom is -0.462 e.